The number of hydrogen-bond acceptors (Lipinski definition) is 5. The van der Waals surface area contributed by atoms with E-state index in [2.05, 4.69) is 15.5 Å². The highest BCUT2D eigenvalue weighted by Gasteiger charge is 2.27. The molecule has 0 radical (unpaired) electrons. The molecule has 2 N–H and O–H groups in total. The van der Waals surface area contributed by atoms with Gasteiger partial charge in [0.25, 0.3) is 0 Å². The van der Waals surface area contributed by atoms with E-state index in [9.17, 15) is 0 Å². The minimum Gasteiger partial charge on any atom is -0.364 e. The van der Waals surface area contributed by atoms with E-state index in [-0.39, 0.29) is 0 Å². The monoisotopic (exact) mass is 297 g/mol. The lowest BCUT2D eigenvalue weighted by Gasteiger charge is -2.34. The molecular formula is C17H23N5. The first-order valence-corrected chi connectivity index (χ1v) is 8.29. The van der Waals surface area contributed by atoms with Gasteiger partial charge in [-0.3, -0.25) is 0 Å². The van der Waals surface area contributed by atoms with Crippen molar-refractivity contribution in [3.63, 3.8) is 0 Å². The van der Waals surface area contributed by atoms with E-state index in [4.69, 9.17) is 9.97 Å². The highest BCUT2D eigenvalue weighted by atomic mass is 15.3. The maximum Gasteiger partial charge on any atom is 0.172 e. The Labute approximate surface area is 131 Å². The lowest BCUT2D eigenvalue weighted by molar-refractivity contribution is 0.448. The fraction of sp³-hybridized carbons (Fsp3) is 0.529. The molecule has 1 aliphatic carbocycles. The van der Waals surface area contributed by atoms with Gasteiger partial charge < -0.3 is 15.5 Å². The topological polar surface area (TPSA) is 53.1 Å². The summed E-state index contributed by atoms with van der Waals surface area (Å²) in [5.74, 6) is 1.98. The van der Waals surface area contributed by atoms with E-state index >= 15 is 0 Å². The summed E-state index contributed by atoms with van der Waals surface area (Å²) < 4.78 is 0. The van der Waals surface area contributed by atoms with Crippen molar-refractivity contribution in [1.82, 2.24) is 15.3 Å². The molecule has 1 saturated carbocycles. The maximum absolute atomic E-state index is 4.92. The first kappa shape index (κ1) is 13.8. The molecule has 1 atom stereocenters. The van der Waals surface area contributed by atoms with Gasteiger partial charge in [-0.2, -0.15) is 0 Å². The second kappa shape index (κ2) is 5.72. The minimum atomic E-state index is 0.538. The predicted molar refractivity (Wildman–Crippen MR) is 90.5 cm³/mol. The molecule has 0 bridgehead atoms. The van der Waals surface area contributed by atoms with E-state index in [0.29, 0.717) is 12.1 Å². The summed E-state index contributed by atoms with van der Waals surface area (Å²) in [6, 6.07) is 9.26. The molecule has 116 valence electrons. The molecule has 1 aromatic heterocycles. The molecule has 2 fully saturated rings. The largest absolute Gasteiger partial charge is 0.364 e. The summed E-state index contributed by atoms with van der Waals surface area (Å²) in [6.07, 6.45) is 4.92. The van der Waals surface area contributed by atoms with Crippen LogP contribution in [0, 0.1) is 0 Å². The fourth-order valence-electron chi connectivity index (χ4n) is 3.13. The Kier molecular flexibility index (Phi) is 3.58. The number of likely N-dealkylation sites (N-methyl/N-ethyl adjacent to an activating group) is 1. The number of nitrogens with zero attached hydrogens (tertiary/aromatic N) is 3. The lowest BCUT2D eigenvalue weighted by atomic mass is 10.1. The van der Waals surface area contributed by atoms with Crippen LogP contribution in [0.1, 0.15) is 25.7 Å². The number of rotatable bonds is 4. The summed E-state index contributed by atoms with van der Waals surface area (Å²) in [4.78, 5) is 12.2. The summed E-state index contributed by atoms with van der Waals surface area (Å²) >= 11 is 0. The van der Waals surface area contributed by atoms with E-state index in [1.54, 1.807) is 0 Å². The van der Waals surface area contributed by atoms with Crippen molar-refractivity contribution >= 4 is 22.7 Å². The Hall–Kier alpha value is -1.88. The zero-order valence-electron chi connectivity index (χ0n) is 13.0. The number of fused-ring (bicyclic) bond motifs is 1. The maximum atomic E-state index is 4.92. The summed E-state index contributed by atoms with van der Waals surface area (Å²) in [5.41, 5.74) is 1.95. The SMILES string of the molecule is CNC1CCCN(c2nc3ccccc3nc2NC2CC2)C1. The van der Waals surface area contributed by atoms with Crippen LogP contribution in [0.4, 0.5) is 11.6 Å². The molecule has 4 rings (SSSR count). The third kappa shape index (κ3) is 2.73. The molecular weight excluding hydrogens is 274 g/mol. The first-order valence-electron chi connectivity index (χ1n) is 8.29. The molecule has 2 aliphatic rings. The normalized spacial score (nSPS) is 22.0. The van der Waals surface area contributed by atoms with Crippen molar-refractivity contribution in [1.29, 1.82) is 0 Å². The van der Waals surface area contributed by atoms with Gasteiger partial charge in [-0.05, 0) is 44.9 Å². The van der Waals surface area contributed by atoms with Crippen molar-refractivity contribution in [3.8, 4) is 0 Å². The summed E-state index contributed by atoms with van der Waals surface area (Å²) in [6.45, 7) is 2.06. The minimum absolute atomic E-state index is 0.538. The fourth-order valence-corrected chi connectivity index (χ4v) is 3.13. The van der Waals surface area contributed by atoms with Crippen LogP contribution in [-0.4, -0.2) is 42.2 Å². The number of aromatic nitrogens is 2. The van der Waals surface area contributed by atoms with E-state index in [0.717, 1.165) is 35.8 Å². The van der Waals surface area contributed by atoms with Gasteiger partial charge >= 0.3 is 0 Å². The lowest BCUT2D eigenvalue weighted by Crippen LogP contribution is -2.45. The zero-order valence-corrected chi connectivity index (χ0v) is 13.0. The van der Waals surface area contributed by atoms with Crippen LogP contribution < -0.4 is 15.5 Å². The molecule has 1 aromatic carbocycles. The molecule has 1 aliphatic heterocycles. The van der Waals surface area contributed by atoms with Crippen LogP contribution in [0.25, 0.3) is 11.0 Å². The van der Waals surface area contributed by atoms with E-state index in [1.165, 1.54) is 25.7 Å². The average molecular weight is 297 g/mol. The smallest absolute Gasteiger partial charge is 0.172 e. The van der Waals surface area contributed by atoms with E-state index < -0.39 is 0 Å². The number of nitrogens with one attached hydrogen (secondary N) is 2. The van der Waals surface area contributed by atoms with Gasteiger partial charge in [-0.1, -0.05) is 12.1 Å². The Morgan fingerprint density at radius 1 is 1.05 bits per heavy atom. The number of hydrogen-bond donors (Lipinski definition) is 2. The summed E-state index contributed by atoms with van der Waals surface area (Å²) in [5, 5.41) is 6.97. The Balaban J connectivity index is 1.72. The number of anilines is 2. The van der Waals surface area contributed by atoms with Crippen molar-refractivity contribution in [2.24, 2.45) is 0 Å². The molecule has 5 nitrogen and oxygen atoms in total. The molecule has 0 amide bonds. The highest BCUT2D eigenvalue weighted by Crippen LogP contribution is 2.31. The Morgan fingerprint density at radius 2 is 1.82 bits per heavy atom. The molecule has 1 saturated heterocycles. The van der Waals surface area contributed by atoms with Crippen molar-refractivity contribution in [2.75, 3.05) is 30.4 Å². The highest BCUT2D eigenvalue weighted by molar-refractivity contribution is 5.80. The van der Waals surface area contributed by atoms with Crippen molar-refractivity contribution in [2.45, 2.75) is 37.8 Å². The second-order valence-electron chi connectivity index (χ2n) is 6.38. The van der Waals surface area contributed by atoms with Gasteiger partial charge in [0.2, 0.25) is 0 Å². The van der Waals surface area contributed by atoms with Gasteiger partial charge in [-0.15, -0.1) is 0 Å². The van der Waals surface area contributed by atoms with Crippen LogP contribution in [0.5, 0.6) is 0 Å². The van der Waals surface area contributed by atoms with Gasteiger partial charge in [0.15, 0.2) is 11.6 Å². The van der Waals surface area contributed by atoms with Crippen molar-refractivity contribution < 1.29 is 0 Å². The van der Waals surface area contributed by atoms with Crippen LogP contribution >= 0.6 is 0 Å². The standard InChI is InChI=1S/C17H23N5/c1-18-13-5-4-10-22(11-13)17-16(19-12-8-9-12)20-14-6-2-3-7-15(14)21-17/h2-3,6-7,12-13,18H,4-5,8-11H2,1H3,(H,19,20). The van der Waals surface area contributed by atoms with Crippen LogP contribution in [0.2, 0.25) is 0 Å². The Bertz CT molecular complexity index is 667. The zero-order chi connectivity index (χ0) is 14.9. The third-order valence-corrected chi connectivity index (χ3v) is 4.60. The Morgan fingerprint density at radius 3 is 2.55 bits per heavy atom. The van der Waals surface area contributed by atoms with Gasteiger partial charge in [-0.25, -0.2) is 9.97 Å². The van der Waals surface area contributed by atoms with Gasteiger partial charge in [0.1, 0.15) is 0 Å². The molecule has 2 heterocycles. The number of benzene rings is 1. The van der Waals surface area contributed by atoms with Crippen molar-refractivity contribution in [3.05, 3.63) is 24.3 Å². The summed E-state index contributed by atoms with van der Waals surface area (Å²) in [7, 11) is 2.05. The van der Waals surface area contributed by atoms with Gasteiger partial charge in [0.05, 0.1) is 11.0 Å². The van der Waals surface area contributed by atoms with Gasteiger partial charge in [0, 0.05) is 25.2 Å². The molecule has 22 heavy (non-hydrogen) atoms. The van der Waals surface area contributed by atoms with Crippen LogP contribution in [-0.2, 0) is 0 Å². The molecule has 2 aromatic rings. The quantitative estimate of drug-likeness (QED) is 0.907. The van der Waals surface area contributed by atoms with Crippen LogP contribution in [0.15, 0.2) is 24.3 Å². The number of piperidine rings is 1. The number of para-hydroxylation sites is 2. The second-order valence-corrected chi connectivity index (χ2v) is 6.38. The average Bonchev–Trinajstić information content (AvgIpc) is 3.38. The first-order chi connectivity index (χ1) is 10.8. The molecule has 5 heteroatoms. The predicted octanol–water partition coefficient (Wildman–Crippen LogP) is 2.39. The molecule has 1 unspecified atom stereocenters. The van der Waals surface area contributed by atoms with E-state index in [1.807, 2.05) is 31.3 Å². The molecule has 0 spiro atoms. The van der Waals surface area contributed by atoms with Crippen LogP contribution in [0.3, 0.4) is 0 Å². The third-order valence-electron chi connectivity index (χ3n) is 4.60.